The Morgan fingerprint density at radius 2 is 1.93 bits per heavy atom. The fraction of sp³-hybridized carbons (Fsp3) is 0.435. The number of rotatable bonds is 9. The van der Waals surface area contributed by atoms with Crippen molar-refractivity contribution in [2.75, 3.05) is 25.6 Å². The van der Waals surface area contributed by atoms with Crippen LogP contribution in [0.3, 0.4) is 0 Å². The van der Waals surface area contributed by atoms with Crippen molar-refractivity contribution >= 4 is 17.5 Å². The highest BCUT2D eigenvalue weighted by Crippen LogP contribution is 2.25. The van der Waals surface area contributed by atoms with E-state index in [9.17, 15) is 9.59 Å². The zero-order valence-corrected chi connectivity index (χ0v) is 17.4. The molecule has 1 aliphatic rings. The van der Waals surface area contributed by atoms with Gasteiger partial charge < -0.3 is 20.1 Å². The van der Waals surface area contributed by atoms with E-state index in [1.165, 1.54) is 6.42 Å². The molecule has 0 aliphatic heterocycles. The van der Waals surface area contributed by atoms with E-state index in [2.05, 4.69) is 15.6 Å². The van der Waals surface area contributed by atoms with Gasteiger partial charge in [-0.1, -0.05) is 31.4 Å². The normalized spacial score (nSPS) is 14.2. The number of nitrogens with one attached hydrogen (secondary N) is 2. The molecule has 3 rings (SSSR count). The number of hydrogen-bond donors (Lipinski definition) is 2. The number of ether oxygens (including phenoxy) is 2. The Morgan fingerprint density at radius 1 is 1.10 bits per heavy atom. The predicted molar refractivity (Wildman–Crippen MR) is 114 cm³/mol. The largest absolute Gasteiger partial charge is 0.475 e. The van der Waals surface area contributed by atoms with Gasteiger partial charge in [-0.2, -0.15) is 0 Å². The van der Waals surface area contributed by atoms with Gasteiger partial charge >= 0.3 is 0 Å². The molecular weight excluding hydrogens is 382 g/mol. The smallest absolute Gasteiger partial charge is 0.251 e. The summed E-state index contributed by atoms with van der Waals surface area (Å²) in [4.78, 5) is 29.2. The highest BCUT2D eigenvalue weighted by Gasteiger charge is 2.21. The molecule has 7 heteroatoms. The monoisotopic (exact) mass is 411 g/mol. The third-order valence-corrected chi connectivity index (χ3v) is 5.16. The summed E-state index contributed by atoms with van der Waals surface area (Å²) in [5, 5.41) is 5.83. The standard InChI is InChI=1S/C23H29N3O4/c1-29-12-13-30-21-11-10-17(15-24-21)16-25-22(27)19-8-5-9-20(14-19)26-23(28)18-6-3-2-4-7-18/h5,8-11,14-15,18H,2-4,6-7,12-13,16H2,1H3,(H,25,27)(H,26,28). The van der Waals surface area contributed by atoms with Crippen molar-refractivity contribution in [1.82, 2.24) is 10.3 Å². The highest BCUT2D eigenvalue weighted by molar-refractivity contribution is 5.97. The molecule has 2 amide bonds. The fourth-order valence-corrected chi connectivity index (χ4v) is 3.46. The molecule has 0 spiro atoms. The summed E-state index contributed by atoms with van der Waals surface area (Å²) in [6, 6.07) is 10.6. The van der Waals surface area contributed by atoms with Crippen LogP contribution in [0.1, 0.15) is 48.0 Å². The van der Waals surface area contributed by atoms with E-state index in [1.807, 2.05) is 12.1 Å². The molecule has 2 aromatic rings. The molecule has 1 fully saturated rings. The van der Waals surface area contributed by atoms with Crippen LogP contribution in [0.15, 0.2) is 42.6 Å². The van der Waals surface area contributed by atoms with Crippen LogP contribution >= 0.6 is 0 Å². The quantitative estimate of drug-likeness (QED) is 0.616. The second-order valence-corrected chi connectivity index (χ2v) is 7.43. The van der Waals surface area contributed by atoms with E-state index in [1.54, 1.807) is 37.6 Å². The van der Waals surface area contributed by atoms with Gasteiger partial charge in [0.05, 0.1) is 6.61 Å². The Morgan fingerprint density at radius 3 is 2.67 bits per heavy atom. The van der Waals surface area contributed by atoms with Crippen molar-refractivity contribution in [3.05, 3.63) is 53.7 Å². The Kier molecular flexibility index (Phi) is 8.20. The van der Waals surface area contributed by atoms with Crippen LogP contribution in [-0.2, 0) is 16.1 Å². The lowest BCUT2D eigenvalue weighted by molar-refractivity contribution is -0.120. The first-order valence-corrected chi connectivity index (χ1v) is 10.4. The molecule has 0 atom stereocenters. The minimum atomic E-state index is -0.204. The number of nitrogens with zero attached hydrogens (tertiary/aromatic N) is 1. The van der Waals surface area contributed by atoms with Crippen LogP contribution in [0.2, 0.25) is 0 Å². The zero-order valence-electron chi connectivity index (χ0n) is 17.4. The number of carbonyl (C=O) groups excluding carboxylic acids is 2. The van der Waals surface area contributed by atoms with Crippen LogP contribution in [0.4, 0.5) is 5.69 Å². The number of pyridine rings is 1. The van der Waals surface area contributed by atoms with Gasteiger partial charge in [-0.05, 0) is 36.6 Å². The molecule has 0 bridgehead atoms. The first kappa shape index (κ1) is 21.8. The van der Waals surface area contributed by atoms with Gasteiger partial charge in [-0.15, -0.1) is 0 Å². The minimum absolute atomic E-state index is 0.0474. The van der Waals surface area contributed by atoms with Gasteiger partial charge in [0, 0.05) is 43.1 Å². The third-order valence-electron chi connectivity index (χ3n) is 5.16. The van der Waals surface area contributed by atoms with Crippen LogP contribution in [0.5, 0.6) is 5.88 Å². The van der Waals surface area contributed by atoms with Crippen molar-refractivity contribution < 1.29 is 19.1 Å². The molecule has 0 saturated heterocycles. The van der Waals surface area contributed by atoms with Crippen molar-refractivity contribution in [3.8, 4) is 5.88 Å². The maximum absolute atomic E-state index is 12.5. The van der Waals surface area contributed by atoms with Crippen molar-refractivity contribution in [2.45, 2.75) is 38.6 Å². The number of hydrogen-bond acceptors (Lipinski definition) is 5. The molecular formula is C23H29N3O4. The predicted octanol–water partition coefficient (Wildman–Crippen LogP) is 3.56. The molecule has 160 valence electrons. The van der Waals surface area contributed by atoms with Crippen LogP contribution < -0.4 is 15.4 Å². The summed E-state index contributed by atoms with van der Waals surface area (Å²) >= 11 is 0. The Hall–Kier alpha value is -2.93. The summed E-state index contributed by atoms with van der Waals surface area (Å²) in [6.45, 7) is 1.29. The molecule has 1 aromatic carbocycles. The van der Waals surface area contributed by atoms with E-state index < -0.39 is 0 Å². The summed E-state index contributed by atoms with van der Waals surface area (Å²) in [5.74, 6) is 0.434. The lowest BCUT2D eigenvalue weighted by Gasteiger charge is -2.20. The number of aromatic nitrogens is 1. The average Bonchev–Trinajstić information content (AvgIpc) is 2.79. The Bertz CT molecular complexity index is 833. The molecule has 0 radical (unpaired) electrons. The third kappa shape index (κ3) is 6.56. The number of amides is 2. The molecule has 7 nitrogen and oxygen atoms in total. The van der Waals surface area contributed by atoms with E-state index in [4.69, 9.17) is 9.47 Å². The van der Waals surface area contributed by atoms with E-state index in [0.29, 0.717) is 36.9 Å². The van der Waals surface area contributed by atoms with Gasteiger partial charge in [0.1, 0.15) is 6.61 Å². The molecule has 1 aliphatic carbocycles. The van der Waals surface area contributed by atoms with Crippen molar-refractivity contribution in [2.24, 2.45) is 5.92 Å². The Balaban J connectivity index is 1.50. The number of methoxy groups -OCH3 is 1. The zero-order chi connectivity index (χ0) is 21.2. The average molecular weight is 412 g/mol. The second-order valence-electron chi connectivity index (χ2n) is 7.43. The summed E-state index contributed by atoms with van der Waals surface area (Å²) < 4.78 is 10.4. The van der Waals surface area contributed by atoms with Crippen molar-refractivity contribution in [3.63, 3.8) is 0 Å². The molecule has 1 aromatic heterocycles. The van der Waals surface area contributed by atoms with E-state index in [-0.39, 0.29) is 17.7 Å². The van der Waals surface area contributed by atoms with Gasteiger partial charge in [-0.3, -0.25) is 9.59 Å². The SMILES string of the molecule is COCCOc1ccc(CNC(=O)c2cccc(NC(=O)C3CCCCC3)c2)cn1. The van der Waals surface area contributed by atoms with Crippen LogP contribution in [0.25, 0.3) is 0 Å². The van der Waals surface area contributed by atoms with Gasteiger partial charge in [0.15, 0.2) is 0 Å². The topological polar surface area (TPSA) is 89.5 Å². The van der Waals surface area contributed by atoms with Gasteiger partial charge in [-0.25, -0.2) is 4.98 Å². The summed E-state index contributed by atoms with van der Waals surface area (Å²) in [5.41, 5.74) is 2.02. The van der Waals surface area contributed by atoms with Crippen LogP contribution in [0, 0.1) is 5.92 Å². The number of anilines is 1. The Labute approximate surface area is 177 Å². The number of carbonyl (C=O) groups is 2. The molecule has 1 heterocycles. The fourth-order valence-electron chi connectivity index (χ4n) is 3.46. The molecule has 0 unspecified atom stereocenters. The molecule has 2 N–H and O–H groups in total. The maximum atomic E-state index is 12.5. The first-order chi connectivity index (χ1) is 14.7. The van der Waals surface area contributed by atoms with Crippen LogP contribution in [-0.4, -0.2) is 37.1 Å². The van der Waals surface area contributed by atoms with E-state index in [0.717, 1.165) is 31.2 Å². The lowest BCUT2D eigenvalue weighted by atomic mass is 9.88. The van der Waals surface area contributed by atoms with E-state index >= 15 is 0 Å². The highest BCUT2D eigenvalue weighted by atomic mass is 16.5. The second kappa shape index (κ2) is 11.3. The lowest BCUT2D eigenvalue weighted by Crippen LogP contribution is -2.25. The summed E-state index contributed by atoms with van der Waals surface area (Å²) in [6.07, 6.45) is 6.97. The first-order valence-electron chi connectivity index (χ1n) is 10.4. The molecule has 30 heavy (non-hydrogen) atoms. The van der Waals surface area contributed by atoms with Gasteiger partial charge in [0.25, 0.3) is 5.91 Å². The minimum Gasteiger partial charge on any atom is -0.475 e. The molecule has 1 saturated carbocycles. The van der Waals surface area contributed by atoms with Gasteiger partial charge in [0.2, 0.25) is 11.8 Å². The summed E-state index contributed by atoms with van der Waals surface area (Å²) in [7, 11) is 1.61. The van der Waals surface area contributed by atoms with Crippen molar-refractivity contribution in [1.29, 1.82) is 0 Å². The number of benzene rings is 1. The maximum Gasteiger partial charge on any atom is 0.251 e.